The van der Waals surface area contributed by atoms with Gasteiger partial charge in [-0.05, 0) is 61.0 Å². The zero-order valence-electron chi connectivity index (χ0n) is 15.8. The molecule has 0 saturated carbocycles. The topological polar surface area (TPSA) is 103 Å². The number of anilines is 1. The molecule has 1 aliphatic rings. The van der Waals surface area contributed by atoms with Crippen LogP contribution in [0.1, 0.15) is 29.8 Å². The second kappa shape index (κ2) is 8.42. The minimum absolute atomic E-state index is 0.216. The fourth-order valence-corrected chi connectivity index (χ4v) is 2.84. The molecule has 2 amide bonds. The lowest BCUT2D eigenvalue weighted by atomic mass is 10.1. The van der Waals surface area contributed by atoms with E-state index < -0.39 is 12.6 Å². The maximum atomic E-state index is 12.9. The minimum atomic E-state index is -0.641. The summed E-state index contributed by atoms with van der Waals surface area (Å²) in [5.41, 5.74) is 7.81. The van der Waals surface area contributed by atoms with Crippen molar-refractivity contribution >= 4 is 28.9 Å². The molecular formula is C20H18FN5O3. The van der Waals surface area contributed by atoms with Crippen molar-refractivity contribution in [1.29, 1.82) is 0 Å². The number of amides is 2. The first-order chi connectivity index (χ1) is 13.9. The number of benzene rings is 2. The van der Waals surface area contributed by atoms with Gasteiger partial charge < -0.3 is 5.43 Å². The Morgan fingerprint density at radius 2 is 1.90 bits per heavy atom. The van der Waals surface area contributed by atoms with Crippen molar-refractivity contribution in [3.05, 3.63) is 75.8 Å². The van der Waals surface area contributed by atoms with E-state index >= 15 is 0 Å². The molecule has 9 heteroatoms. The summed E-state index contributed by atoms with van der Waals surface area (Å²) in [6, 6.07) is 12.3. The number of hydrazone groups is 1. The second-order valence-electron chi connectivity index (χ2n) is 6.32. The highest BCUT2D eigenvalue weighted by molar-refractivity contribution is 6.30. The molecule has 0 aromatic heterocycles. The molecule has 1 aliphatic heterocycles. The number of halogens is 1. The molecule has 2 N–H and O–H groups in total. The van der Waals surface area contributed by atoms with Crippen molar-refractivity contribution in [3.63, 3.8) is 0 Å². The monoisotopic (exact) mass is 395 g/mol. The lowest BCUT2D eigenvalue weighted by molar-refractivity contribution is -0.114. The molecule has 148 valence electrons. The van der Waals surface area contributed by atoms with Crippen LogP contribution in [-0.2, 0) is 11.5 Å². The zero-order valence-corrected chi connectivity index (χ0v) is 15.8. The highest BCUT2D eigenvalue weighted by Crippen LogP contribution is 2.25. The van der Waals surface area contributed by atoms with Crippen molar-refractivity contribution < 1.29 is 14.0 Å². The molecule has 29 heavy (non-hydrogen) atoms. The van der Waals surface area contributed by atoms with Crippen LogP contribution in [0.25, 0.3) is 0 Å². The maximum Gasteiger partial charge on any atom is 0.282 e. The summed E-state index contributed by atoms with van der Waals surface area (Å²) in [7, 11) is 0. The summed E-state index contributed by atoms with van der Waals surface area (Å²) in [6.07, 6.45) is 0. The van der Waals surface area contributed by atoms with Gasteiger partial charge in [0.1, 0.15) is 12.4 Å². The van der Waals surface area contributed by atoms with Gasteiger partial charge in [-0.1, -0.05) is 12.1 Å². The van der Waals surface area contributed by atoms with Crippen LogP contribution in [0.5, 0.6) is 0 Å². The molecule has 0 fully saturated rings. The molecule has 0 radical (unpaired) electrons. The van der Waals surface area contributed by atoms with Gasteiger partial charge in [-0.15, -0.1) is 4.91 Å². The van der Waals surface area contributed by atoms with E-state index in [2.05, 4.69) is 21.1 Å². The van der Waals surface area contributed by atoms with E-state index in [0.29, 0.717) is 33.8 Å². The van der Waals surface area contributed by atoms with Gasteiger partial charge >= 0.3 is 0 Å². The average Bonchev–Trinajstić information content (AvgIpc) is 3.05. The fraction of sp³-hybridized carbons (Fsp3) is 0.150. The Kier molecular flexibility index (Phi) is 5.77. The Bertz CT molecular complexity index is 1030. The average molecular weight is 395 g/mol. The van der Waals surface area contributed by atoms with Crippen LogP contribution < -0.4 is 15.9 Å². The summed E-state index contributed by atoms with van der Waals surface area (Å²) in [4.78, 5) is 35.5. The number of allylic oxidation sites excluding steroid dienone is 1. The Morgan fingerprint density at radius 3 is 2.55 bits per heavy atom. The second-order valence-corrected chi connectivity index (χ2v) is 6.32. The number of carbonyl (C=O) groups is 2. The number of nitrogens with one attached hydrogen (secondary N) is 2. The molecule has 1 heterocycles. The third kappa shape index (κ3) is 4.18. The Labute approximate surface area is 166 Å². The predicted octanol–water partition coefficient (Wildman–Crippen LogP) is 3.49. The van der Waals surface area contributed by atoms with E-state index in [0.717, 1.165) is 0 Å². The molecule has 2 aromatic rings. The predicted molar refractivity (Wildman–Crippen MR) is 107 cm³/mol. The van der Waals surface area contributed by atoms with E-state index in [1.807, 2.05) is 0 Å². The van der Waals surface area contributed by atoms with Crippen LogP contribution in [0.2, 0.25) is 0 Å². The van der Waals surface area contributed by atoms with Crippen LogP contribution in [-0.4, -0.2) is 17.5 Å². The number of hydrazine groups is 1. The molecule has 0 atom stereocenters. The van der Waals surface area contributed by atoms with Gasteiger partial charge in [-0.3, -0.25) is 15.0 Å². The molecule has 2 aromatic carbocycles. The lowest BCUT2D eigenvalue weighted by Crippen LogP contribution is -2.37. The number of carbonyl (C=O) groups excluding carboxylic acids is 2. The molecule has 0 unspecified atom stereocenters. The van der Waals surface area contributed by atoms with Crippen molar-refractivity contribution in [1.82, 2.24) is 10.9 Å². The normalized spacial score (nSPS) is 15.1. The van der Waals surface area contributed by atoms with Crippen molar-refractivity contribution in [2.75, 3.05) is 5.01 Å². The van der Waals surface area contributed by atoms with Crippen LogP contribution in [0, 0.1) is 4.91 Å². The first kappa shape index (κ1) is 19.9. The molecule has 0 aliphatic carbocycles. The summed E-state index contributed by atoms with van der Waals surface area (Å²) in [6.45, 7) is 2.66. The number of hydrogen-bond acceptors (Lipinski definition) is 6. The summed E-state index contributed by atoms with van der Waals surface area (Å²) in [5.74, 6) is -0.839. The van der Waals surface area contributed by atoms with E-state index in [1.165, 1.54) is 29.3 Å². The van der Waals surface area contributed by atoms with E-state index in [9.17, 15) is 18.9 Å². The van der Waals surface area contributed by atoms with Gasteiger partial charge in [-0.2, -0.15) is 10.1 Å². The SMILES string of the molecule is CC1=NN(c2cccc(CF)c2)C(=O)/C1=C(/C)NNC(=O)c1ccc(N=O)cc1. The smallest absolute Gasteiger partial charge is 0.282 e. The molecule has 0 saturated heterocycles. The van der Waals surface area contributed by atoms with E-state index in [4.69, 9.17) is 0 Å². The Morgan fingerprint density at radius 1 is 1.17 bits per heavy atom. The minimum Gasteiger partial charge on any atom is -0.302 e. The quantitative estimate of drug-likeness (QED) is 0.444. The standard InChI is InChI=1S/C20H18FN5O3/c1-12(22-23-19(27)15-6-8-16(25-29)9-7-15)18-13(2)24-26(20(18)28)17-5-3-4-14(10-17)11-21/h3-10,22H,11H2,1-2H3,(H,23,27)/b18-12-. The highest BCUT2D eigenvalue weighted by atomic mass is 19.1. The van der Waals surface area contributed by atoms with E-state index in [-0.39, 0.29) is 11.6 Å². The number of rotatable bonds is 6. The number of alkyl halides is 1. The first-order valence-corrected chi connectivity index (χ1v) is 8.70. The van der Waals surface area contributed by atoms with Gasteiger partial charge in [0.15, 0.2) is 0 Å². The number of nitroso groups, excluding NO2 is 1. The van der Waals surface area contributed by atoms with Gasteiger partial charge in [0.25, 0.3) is 11.8 Å². The summed E-state index contributed by atoms with van der Waals surface area (Å²) < 4.78 is 12.9. The van der Waals surface area contributed by atoms with Gasteiger partial charge in [0.2, 0.25) is 0 Å². The molecule has 8 nitrogen and oxygen atoms in total. The van der Waals surface area contributed by atoms with Crippen LogP contribution >= 0.6 is 0 Å². The van der Waals surface area contributed by atoms with Crippen LogP contribution in [0.15, 0.2) is 70.1 Å². The Balaban J connectivity index is 1.74. The Hall–Kier alpha value is -3.88. The van der Waals surface area contributed by atoms with Gasteiger partial charge in [0, 0.05) is 11.3 Å². The third-order valence-electron chi connectivity index (χ3n) is 4.30. The van der Waals surface area contributed by atoms with Gasteiger partial charge in [-0.25, -0.2) is 4.39 Å². The number of nitrogens with zero attached hydrogens (tertiary/aromatic N) is 3. The largest absolute Gasteiger partial charge is 0.302 e. The van der Waals surface area contributed by atoms with E-state index in [1.54, 1.807) is 38.1 Å². The van der Waals surface area contributed by atoms with Crippen molar-refractivity contribution in [2.24, 2.45) is 10.3 Å². The maximum absolute atomic E-state index is 12.9. The number of hydrogen-bond donors (Lipinski definition) is 2. The third-order valence-corrected chi connectivity index (χ3v) is 4.30. The lowest BCUT2D eigenvalue weighted by Gasteiger charge is -2.14. The molecular weight excluding hydrogens is 377 g/mol. The van der Waals surface area contributed by atoms with Crippen LogP contribution in [0.4, 0.5) is 15.8 Å². The molecule has 0 spiro atoms. The van der Waals surface area contributed by atoms with Crippen molar-refractivity contribution in [3.8, 4) is 0 Å². The van der Waals surface area contributed by atoms with Gasteiger partial charge in [0.05, 0.1) is 17.0 Å². The molecule has 0 bridgehead atoms. The summed E-state index contributed by atoms with van der Waals surface area (Å²) in [5, 5.41) is 8.22. The molecule has 3 rings (SSSR count). The fourth-order valence-electron chi connectivity index (χ4n) is 2.84. The first-order valence-electron chi connectivity index (χ1n) is 8.70. The van der Waals surface area contributed by atoms with Crippen molar-refractivity contribution in [2.45, 2.75) is 20.5 Å². The summed E-state index contributed by atoms with van der Waals surface area (Å²) >= 11 is 0. The van der Waals surface area contributed by atoms with Crippen LogP contribution in [0.3, 0.4) is 0 Å². The zero-order chi connectivity index (χ0) is 21.0. The highest BCUT2D eigenvalue weighted by Gasteiger charge is 2.30.